The quantitative estimate of drug-likeness (QED) is 0.688. The molecule has 0 saturated carbocycles. The van der Waals surface area contributed by atoms with Gasteiger partial charge in [0.15, 0.2) is 0 Å². The lowest BCUT2D eigenvalue weighted by atomic mass is 9.99. The van der Waals surface area contributed by atoms with Gasteiger partial charge in [0.2, 0.25) is 10.0 Å². The molecule has 156 valence electrons. The van der Waals surface area contributed by atoms with Crippen molar-refractivity contribution in [3.63, 3.8) is 0 Å². The maximum atomic E-state index is 13.0. The van der Waals surface area contributed by atoms with Gasteiger partial charge in [-0.3, -0.25) is 0 Å². The van der Waals surface area contributed by atoms with Crippen LogP contribution in [-0.2, 0) is 14.8 Å². The zero-order chi connectivity index (χ0) is 21.5. The second kappa shape index (κ2) is 7.79. The minimum atomic E-state index is -3.74. The molecule has 0 bridgehead atoms. The number of ether oxygens (including phenoxy) is 1. The Bertz CT molecular complexity index is 1250. The van der Waals surface area contributed by atoms with Crippen LogP contribution in [0.15, 0.2) is 47.4 Å². The molecule has 8 heteroatoms. The van der Waals surface area contributed by atoms with Crippen molar-refractivity contribution in [1.29, 1.82) is 0 Å². The summed E-state index contributed by atoms with van der Waals surface area (Å²) < 4.78 is 32.5. The number of hydrogen-bond donors (Lipinski definition) is 1. The van der Waals surface area contributed by atoms with Gasteiger partial charge in [-0.15, -0.1) is 0 Å². The van der Waals surface area contributed by atoms with Crippen LogP contribution in [0.25, 0.3) is 22.2 Å². The summed E-state index contributed by atoms with van der Waals surface area (Å²) in [6, 6.07) is 11.9. The van der Waals surface area contributed by atoms with Crippen LogP contribution < -0.4 is 0 Å². The Labute approximate surface area is 175 Å². The fourth-order valence-electron chi connectivity index (χ4n) is 3.72. The molecule has 0 aliphatic carbocycles. The first-order chi connectivity index (χ1) is 14.3. The molecule has 3 aromatic rings. The first-order valence-electron chi connectivity index (χ1n) is 9.61. The molecule has 0 atom stereocenters. The highest BCUT2D eigenvalue weighted by Gasteiger charge is 2.27. The van der Waals surface area contributed by atoms with E-state index < -0.39 is 16.0 Å². The van der Waals surface area contributed by atoms with Crippen molar-refractivity contribution in [2.45, 2.75) is 18.7 Å². The highest BCUT2D eigenvalue weighted by molar-refractivity contribution is 7.89. The SMILES string of the molecule is Cc1ccc(-c2cc(C(=O)O)c3cc(S(=O)(=O)N4CCOCC4)ccc3n2)c(C)c1. The minimum Gasteiger partial charge on any atom is -0.478 e. The topological polar surface area (TPSA) is 96.8 Å². The Morgan fingerprint density at radius 2 is 1.80 bits per heavy atom. The van der Waals surface area contributed by atoms with E-state index in [1.54, 1.807) is 6.07 Å². The largest absolute Gasteiger partial charge is 0.478 e. The molecule has 1 aliphatic heterocycles. The third-order valence-corrected chi connectivity index (χ3v) is 7.17. The van der Waals surface area contributed by atoms with Crippen LogP contribution in [-0.4, -0.2) is 55.1 Å². The van der Waals surface area contributed by atoms with Crippen LogP contribution in [0.3, 0.4) is 0 Å². The molecule has 0 radical (unpaired) electrons. The maximum absolute atomic E-state index is 13.0. The van der Waals surface area contributed by atoms with Crippen molar-refractivity contribution < 1.29 is 23.1 Å². The monoisotopic (exact) mass is 426 g/mol. The first kappa shape index (κ1) is 20.5. The molecule has 7 nitrogen and oxygen atoms in total. The number of benzene rings is 2. The van der Waals surface area contributed by atoms with Gasteiger partial charge in [0.1, 0.15) is 0 Å². The van der Waals surface area contributed by atoms with E-state index in [1.807, 2.05) is 32.0 Å². The fourth-order valence-corrected chi connectivity index (χ4v) is 5.15. The molecular weight excluding hydrogens is 404 g/mol. The Morgan fingerprint density at radius 1 is 1.07 bits per heavy atom. The average Bonchev–Trinajstić information content (AvgIpc) is 2.73. The number of aromatic carboxylic acids is 1. The Balaban J connectivity index is 1.86. The molecule has 1 aliphatic rings. The summed E-state index contributed by atoms with van der Waals surface area (Å²) in [7, 11) is -3.74. The van der Waals surface area contributed by atoms with Crippen LogP contribution in [0.5, 0.6) is 0 Å². The van der Waals surface area contributed by atoms with Crippen molar-refractivity contribution in [3.05, 3.63) is 59.2 Å². The summed E-state index contributed by atoms with van der Waals surface area (Å²) in [4.78, 5) is 16.7. The number of carbonyl (C=O) groups is 1. The third kappa shape index (κ3) is 3.69. The number of carboxylic acids is 1. The van der Waals surface area contributed by atoms with Crippen molar-refractivity contribution in [3.8, 4) is 11.3 Å². The van der Waals surface area contributed by atoms with E-state index in [4.69, 9.17) is 4.74 Å². The van der Waals surface area contributed by atoms with Crippen molar-refractivity contribution in [1.82, 2.24) is 9.29 Å². The molecule has 0 unspecified atom stereocenters. The first-order valence-corrected chi connectivity index (χ1v) is 11.0. The molecular formula is C22H22N2O5S. The fraction of sp³-hybridized carbons (Fsp3) is 0.273. The second-order valence-corrected chi connectivity index (χ2v) is 9.31. The van der Waals surface area contributed by atoms with Crippen molar-refractivity contribution in [2.75, 3.05) is 26.3 Å². The summed E-state index contributed by atoms with van der Waals surface area (Å²) in [5.74, 6) is -1.13. The number of aryl methyl sites for hydroxylation is 2. The summed E-state index contributed by atoms with van der Waals surface area (Å²) >= 11 is 0. The van der Waals surface area contributed by atoms with Gasteiger partial charge in [0.05, 0.1) is 34.9 Å². The molecule has 1 N–H and O–H groups in total. The highest BCUT2D eigenvalue weighted by atomic mass is 32.2. The molecule has 2 aromatic carbocycles. The number of morpholine rings is 1. The maximum Gasteiger partial charge on any atom is 0.336 e. The zero-order valence-corrected chi connectivity index (χ0v) is 17.6. The molecule has 4 rings (SSSR count). The van der Waals surface area contributed by atoms with E-state index in [0.29, 0.717) is 29.8 Å². The van der Waals surface area contributed by atoms with E-state index in [-0.39, 0.29) is 23.5 Å². The predicted molar refractivity (Wildman–Crippen MR) is 113 cm³/mol. The number of pyridine rings is 1. The molecule has 2 heterocycles. The van der Waals surface area contributed by atoms with Crippen LogP contribution in [0, 0.1) is 13.8 Å². The number of hydrogen-bond acceptors (Lipinski definition) is 5. The van der Waals surface area contributed by atoms with E-state index >= 15 is 0 Å². The number of aromatic nitrogens is 1. The van der Waals surface area contributed by atoms with Crippen molar-refractivity contribution in [2.24, 2.45) is 0 Å². The van der Waals surface area contributed by atoms with E-state index in [9.17, 15) is 18.3 Å². The van der Waals surface area contributed by atoms with E-state index in [2.05, 4.69) is 4.98 Å². The van der Waals surface area contributed by atoms with Gasteiger partial charge in [-0.2, -0.15) is 4.31 Å². The van der Waals surface area contributed by atoms with Gasteiger partial charge >= 0.3 is 5.97 Å². The van der Waals surface area contributed by atoms with Gasteiger partial charge in [0, 0.05) is 24.0 Å². The standard InChI is InChI=1S/C22H22N2O5S/c1-14-3-5-17(15(2)11-14)21-13-19(22(25)26)18-12-16(4-6-20(18)23-21)30(27,28)24-7-9-29-10-8-24/h3-6,11-13H,7-10H2,1-2H3,(H,25,26). The third-order valence-electron chi connectivity index (χ3n) is 5.28. The molecule has 1 aromatic heterocycles. The summed E-state index contributed by atoms with van der Waals surface area (Å²) in [5, 5.41) is 10.1. The lowest BCUT2D eigenvalue weighted by molar-refractivity contribution is 0.0699. The zero-order valence-electron chi connectivity index (χ0n) is 16.8. The number of rotatable bonds is 4. The minimum absolute atomic E-state index is 0.0222. The van der Waals surface area contributed by atoms with Crippen LogP contribution in [0.1, 0.15) is 21.5 Å². The lowest BCUT2D eigenvalue weighted by Gasteiger charge is -2.26. The molecule has 1 fully saturated rings. The van der Waals surface area contributed by atoms with Gasteiger partial charge < -0.3 is 9.84 Å². The van der Waals surface area contributed by atoms with E-state index in [0.717, 1.165) is 16.7 Å². The van der Waals surface area contributed by atoms with Gasteiger partial charge in [0.25, 0.3) is 0 Å². The number of carboxylic acid groups (broad SMARTS) is 1. The Kier molecular flexibility index (Phi) is 5.31. The van der Waals surface area contributed by atoms with Gasteiger partial charge in [-0.1, -0.05) is 23.8 Å². The molecule has 0 spiro atoms. The number of sulfonamides is 1. The summed E-state index contributed by atoms with van der Waals surface area (Å²) in [6.07, 6.45) is 0. The molecule has 1 saturated heterocycles. The molecule has 0 amide bonds. The summed E-state index contributed by atoms with van der Waals surface area (Å²) in [6.45, 7) is 5.17. The Morgan fingerprint density at radius 3 is 2.47 bits per heavy atom. The predicted octanol–water partition coefficient (Wildman–Crippen LogP) is 3.24. The number of nitrogens with zero attached hydrogens (tertiary/aromatic N) is 2. The molecule has 30 heavy (non-hydrogen) atoms. The lowest BCUT2D eigenvalue weighted by Crippen LogP contribution is -2.40. The van der Waals surface area contributed by atoms with E-state index in [1.165, 1.54) is 22.5 Å². The van der Waals surface area contributed by atoms with Gasteiger partial charge in [-0.05, 0) is 43.7 Å². The average molecular weight is 426 g/mol. The van der Waals surface area contributed by atoms with Crippen LogP contribution in [0.2, 0.25) is 0 Å². The van der Waals surface area contributed by atoms with Crippen molar-refractivity contribution >= 4 is 26.9 Å². The Hall–Kier alpha value is -2.81. The smallest absolute Gasteiger partial charge is 0.336 e. The highest BCUT2D eigenvalue weighted by Crippen LogP contribution is 2.30. The van der Waals surface area contributed by atoms with Gasteiger partial charge in [-0.25, -0.2) is 18.2 Å². The van der Waals surface area contributed by atoms with Crippen LogP contribution in [0.4, 0.5) is 0 Å². The number of fused-ring (bicyclic) bond motifs is 1. The normalized spacial score (nSPS) is 15.4. The van der Waals surface area contributed by atoms with Crippen LogP contribution >= 0.6 is 0 Å². The second-order valence-electron chi connectivity index (χ2n) is 7.37. The summed E-state index contributed by atoms with van der Waals surface area (Å²) in [5.41, 5.74) is 3.94.